The topological polar surface area (TPSA) is 187 Å². The molecule has 10 heteroatoms. The monoisotopic (exact) mass is 364 g/mol. The highest BCUT2D eigenvalue weighted by Crippen LogP contribution is 2.17. The lowest BCUT2D eigenvalue weighted by atomic mass is 9.86. The first-order valence-electron chi connectivity index (χ1n) is 8.04. The van der Waals surface area contributed by atoms with Gasteiger partial charge in [-0.2, -0.15) is 5.10 Å². The third-order valence-corrected chi connectivity index (χ3v) is 3.83. The van der Waals surface area contributed by atoms with E-state index in [4.69, 9.17) is 17.3 Å². The van der Waals surface area contributed by atoms with Crippen molar-refractivity contribution in [1.82, 2.24) is 10.3 Å². The van der Waals surface area contributed by atoms with E-state index < -0.39 is 23.8 Å². The molecule has 0 aliphatic rings. The van der Waals surface area contributed by atoms with Crippen molar-refractivity contribution in [2.75, 3.05) is 13.1 Å². The number of hydrazone groups is 1. The molecule has 1 heterocycles. The molecule has 1 unspecified atom stereocenters. The highest BCUT2D eigenvalue weighted by atomic mass is 16.4. The third kappa shape index (κ3) is 5.60. The van der Waals surface area contributed by atoms with Crippen LogP contribution in [0.1, 0.15) is 35.3 Å². The maximum Gasteiger partial charge on any atom is 0.331 e. The van der Waals surface area contributed by atoms with Crippen molar-refractivity contribution in [3.63, 3.8) is 0 Å². The predicted octanol–water partition coefficient (Wildman–Crippen LogP) is -1.22. The number of carboxylic acid groups (broad SMARTS) is 1. The van der Waals surface area contributed by atoms with Gasteiger partial charge in [0.05, 0.1) is 6.54 Å². The van der Waals surface area contributed by atoms with Crippen LogP contribution in [0.15, 0.2) is 23.4 Å². The number of nitrogens with one attached hydrogen (secondary N) is 1. The third-order valence-electron chi connectivity index (χ3n) is 3.83. The number of nitrogens with two attached hydrogens (primary N) is 3. The van der Waals surface area contributed by atoms with E-state index in [1.807, 2.05) is 0 Å². The van der Waals surface area contributed by atoms with E-state index in [0.717, 1.165) is 0 Å². The van der Waals surface area contributed by atoms with Crippen molar-refractivity contribution in [2.24, 2.45) is 22.4 Å². The van der Waals surface area contributed by atoms with Gasteiger partial charge >= 0.3 is 5.97 Å². The van der Waals surface area contributed by atoms with Gasteiger partial charge in [0.1, 0.15) is 12.0 Å². The highest BCUT2D eigenvalue weighted by molar-refractivity contribution is 6.09. The molecule has 0 amide bonds. The first kappa shape index (κ1) is 21.2. The molecule has 0 saturated heterocycles. The van der Waals surface area contributed by atoms with Gasteiger partial charge in [0.25, 0.3) is 0 Å². The van der Waals surface area contributed by atoms with Crippen molar-refractivity contribution in [1.29, 1.82) is 0 Å². The summed E-state index contributed by atoms with van der Waals surface area (Å²) >= 11 is 0. The fraction of sp³-hybridized carbons (Fsp3) is 0.438. The molecule has 1 aromatic heterocycles. The molecular formula is C16H24N6O4. The largest absolute Gasteiger partial charge is 0.480 e. The van der Waals surface area contributed by atoms with Gasteiger partial charge < -0.3 is 27.7 Å². The summed E-state index contributed by atoms with van der Waals surface area (Å²) < 4.78 is 0. The number of aromatic nitrogens is 1. The number of ketones is 2. The summed E-state index contributed by atoms with van der Waals surface area (Å²) in [5, 5.41) is 15.5. The van der Waals surface area contributed by atoms with Crippen LogP contribution in [-0.4, -0.2) is 52.6 Å². The van der Waals surface area contributed by atoms with Gasteiger partial charge in [0.2, 0.25) is 0 Å². The van der Waals surface area contributed by atoms with Crippen LogP contribution in [0.25, 0.3) is 0 Å². The Balaban J connectivity index is 2.85. The van der Waals surface area contributed by atoms with Crippen LogP contribution in [0.4, 0.5) is 0 Å². The Bertz CT molecular complexity index is 678. The lowest BCUT2D eigenvalue weighted by Crippen LogP contribution is -2.58. The molecule has 0 spiro atoms. The molecule has 0 fully saturated rings. The van der Waals surface area contributed by atoms with E-state index in [1.54, 1.807) is 6.07 Å². The number of carbonyl (C=O) groups excluding carboxylic acids is 2. The zero-order chi connectivity index (χ0) is 19.6. The lowest BCUT2D eigenvalue weighted by molar-refractivity contribution is -0.147. The zero-order valence-electron chi connectivity index (χ0n) is 14.4. The summed E-state index contributed by atoms with van der Waals surface area (Å²) in [6, 6.07) is 3.09. The van der Waals surface area contributed by atoms with Crippen LogP contribution in [0.5, 0.6) is 0 Å². The molecule has 0 aliphatic heterocycles. The number of rotatable bonds is 12. The first-order chi connectivity index (χ1) is 12.4. The van der Waals surface area contributed by atoms with Crippen molar-refractivity contribution in [3.05, 3.63) is 29.6 Å². The SMILES string of the molecule is NCC(=O)C(N)(Cc1cccnc1C(=O)CCCCNC=NN)C(=O)O. The smallest absolute Gasteiger partial charge is 0.331 e. The summed E-state index contributed by atoms with van der Waals surface area (Å²) in [6.07, 6.45) is 3.96. The number of carboxylic acids is 1. The number of aliphatic carboxylic acids is 1. The van der Waals surface area contributed by atoms with Gasteiger partial charge in [-0.3, -0.25) is 14.6 Å². The first-order valence-corrected chi connectivity index (χ1v) is 8.04. The van der Waals surface area contributed by atoms with E-state index in [1.165, 1.54) is 18.6 Å². The van der Waals surface area contributed by atoms with E-state index in [0.29, 0.717) is 24.9 Å². The van der Waals surface area contributed by atoms with Crippen molar-refractivity contribution in [2.45, 2.75) is 31.2 Å². The van der Waals surface area contributed by atoms with Crippen LogP contribution >= 0.6 is 0 Å². The number of hydrogen-bond acceptors (Lipinski definition) is 8. The quantitative estimate of drug-likeness (QED) is 0.0576. The number of pyridine rings is 1. The van der Waals surface area contributed by atoms with E-state index in [-0.39, 0.29) is 24.3 Å². The van der Waals surface area contributed by atoms with Gasteiger partial charge in [-0.05, 0) is 24.5 Å². The Morgan fingerprint density at radius 3 is 2.69 bits per heavy atom. The van der Waals surface area contributed by atoms with Crippen LogP contribution < -0.4 is 22.6 Å². The molecule has 0 aliphatic carbocycles. The average molecular weight is 364 g/mol. The van der Waals surface area contributed by atoms with Gasteiger partial charge in [0.15, 0.2) is 17.1 Å². The summed E-state index contributed by atoms with van der Waals surface area (Å²) in [5.41, 5.74) is 9.25. The fourth-order valence-corrected chi connectivity index (χ4v) is 2.36. The maximum atomic E-state index is 12.4. The summed E-state index contributed by atoms with van der Waals surface area (Å²) in [5.74, 6) is 2.38. The average Bonchev–Trinajstić information content (AvgIpc) is 2.63. The molecule has 1 atom stereocenters. The highest BCUT2D eigenvalue weighted by Gasteiger charge is 2.42. The molecule has 1 rings (SSSR count). The Morgan fingerprint density at radius 2 is 2.08 bits per heavy atom. The van der Waals surface area contributed by atoms with Gasteiger partial charge in [0, 0.05) is 25.6 Å². The molecule has 26 heavy (non-hydrogen) atoms. The fourth-order valence-electron chi connectivity index (χ4n) is 2.36. The molecule has 0 saturated carbocycles. The number of nitrogens with zero attached hydrogens (tertiary/aromatic N) is 2. The minimum absolute atomic E-state index is 0.116. The van der Waals surface area contributed by atoms with E-state index >= 15 is 0 Å². The normalized spacial score (nSPS) is 13.3. The number of hydrogen-bond donors (Lipinski definition) is 5. The second-order valence-corrected chi connectivity index (χ2v) is 5.70. The van der Waals surface area contributed by atoms with E-state index in [2.05, 4.69) is 15.4 Å². The number of unbranched alkanes of at least 4 members (excludes halogenated alkanes) is 1. The molecule has 1 aromatic rings. The maximum absolute atomic E-state index is 12.4. The lowest BCUT2D eigenvalue weighted by Gasteiger charge is -2.23. The van der Waals surface area contributed by atoms with Gasteiger partial charge in [-0.25, -0.2) is 4.79 Å². The van der Waals surface area contributed by atoms with Crippen LogP contribution in [-0.2, 0) is 16.0 Å². The van der Waals surface area contributed by atoms with Gasteiger partial charge in [-0.15, -0.1) is 0 Å². The second-order valence-electron chi connectivity index (χ2n) is 5.70. The standard InChI is InChI=1S/C16H24N6O4/c17-9-13(24)16(18,15(25)26)8-11-4-3-7-21-14(11)12(23)5-1-2-6-20-10-22-19/h3-4,7,10H,1-2,5-6,8-9,17-19H2,(H,20,22)(H,25,26). The molecule has 0 radical (unpaired) electrons. The van der Waals surface area contributed by atoms with Gasteiger partial charge in [-0.1, -0.05) is 6.07 Å². The molecule has 142 valence electrons. The van der Waals surface area contributed by atoms with Crippen LogP contribution in [0.2, 0.25) is 0 Å². The van der Waals surface area contributed by atoms with Crippen molar-refractivity contribution >= 4 is 23.9 Å². The Hall–Kier alpha value is -2.85. The molecular weight excluding hydrogens is 340 g/mol. The minimum atomic E-state index is -2.20. The van der Waals surface area contributed by atoms with Crippen molar-refractivity contribution in [3.8, 4) is 0 Å². The second kappa shape index (κ2) is 10.2. The predicted molar refractivity (Wildman–Crippen MR) is 95.4 cm³/mol. The molecule has 8 N–H and O–H groups in total. The van der Waals surface area contributed by atoms with Crippen LogP contribution in [0, 0.1) is 0 Å². The Labute approximate surface area is 150 Å². The van der Waals surface area contributed by atoms with E-state index in [9.17, 15) is 19.5 Å². The summed E-state index contributed by atoms with van der Waals surface area (Å²) in [6.45, 7) is 0.102. The number of Topliss-reactive ketones (excluding diaryl/α,β-unsaturated/α-hetero) is 2. The number of carbonyl (C=O) groups is 3. The Kier molecular flexibility index (Phi) is 8.32. The molecule has 0 aromatic carbocycles. The summed E-state index contributed by atoms with van der Waals surface area (Å²) in [4.78, 5) is 39.8. The van der Waals surface area contributed by atoms with Crippen molar-refractivity contribution < 1.29 is 19.5 Å². The summed E-state index contributed by atoms with van der Waals surface area (Å²) in [7, 11) is 0. The molecule has 10 nitrogen and oxygen atoms in total. The molecule has 0 bridgehead atoms. The van der Waals surface area contributed by atoms with Crippen LogP contribution in [0.3, 0.4) is 0 Å². The Morgan fingerprint density at radius 1 is 1.35 bits per heavy atom. The zero-order valence-corrected chi connectivity index (χ0v) is 14.4. The minimum Gasteiger partial charge on any atom is -0.480 e.